The van der Waals surface area contributed by atoms with Gasteiger partial charge in [0, 0.05) is 17.6 Å². The molecule has 0 aliphatic rings. The van der Waals surface area contributed by atoms with Crippen molar-refractivity contribution >= 4 is 22.9 Å². The van der Waals surface area contributed by atoms with E-state index in [1.54, 1.807) is 11.3 Å². The molecule has 2 unspecified atom stereocenters. The highest BCUT2D eigenvalue weighted by Crippen LogP contribution is 2.19. The Labute approximate surface area is 116 Å². The average molecular weight is 282 g/mol. The molecule has 1 aromatic carbocycles. The minimum Gasteiger partial charge on any atom is -0.387 e. The Bertz CT molecular complexity index is 486. The normalized spacial score (nSPS) is 14.4. The predicted octanol–water partition coefficient (Wildman–Crippen LogP) is 3.79. The van der Waals surface area contributed by atoms with E-state index in [2.05, 4.69) is 12.2 Å². The molecule has 0 aliphatic heterocycles. The van der Waals surface area contributed by atoms with Gasteiger partial charge in [-0.1, -0.05) is 23.7 Å². The van der Waals surface area contributed by atoms with Gasteiger partial charge in [-0.25, -0.2) is 0 Å². The molecule has 0 saturated heterocycles. The molecule has 96 valence electrons. The summed E-state index contributed by atoms with van der Waals surface area (Å²) in [4.78, 5) is 0. The monoisotopic (exact) mass is 281 g/mol. The Morgan fingerprint density at radius 2 is 2.17 bits per heavy atom. The third-order valence-electron chi connectivity index (χ3n) is 2.89. The van der Waals surface area contributed by atoms with Crippen LogP contribution in [0.4, 0.5) is 0 Å². The van der Waals surface area contributed by atoms with Gasteiger partial charge in [0.05, 0.1) is 6.10 Å². The second-order valence-electron chi connectivity index (χ2n) is 4.26. The van der Waals surface area contributed by atoms with Crippen LogP contribution in [0.2, 0.25) is 5.02 Å². The summed E-state index contributed by atoms with van der Waals surface area (Å²) in [6, 6.07) is 9.87. The van der Waals surface area contributed by atoms with Crippen LogP contribution in [0.5, 0.6) is 0 Å². The molecule has 2 nitrogen and oxygen atoms in total. The highest BCUT2D eigenvalue weighted by atomic mass is 35.5. The number of hydrogen-bond acceptors (Lipinski definition) is 3. The number of nitrogens with one attached hydrogen (secondary N) is 1. The van der Waals surface area contributed by atoms with E-state index in [-0.39, 0.29) is 6.04 Å². The van der Waals surface area contributed by atoms with Gasteiger partial charge in [-0.05, 0) is 47.0 Å². The molecule has 2 atom stereocenters. The van der Waals surface area contributed by atoms with E-state index in [0.29, 0.717) is 6.54 Å². The summed E-state index contributed by atoms with van der Waals surface area (Å²) >= 11 is 7.55. The van der Waals surface area contributed by atoms with E-state index in [1.165, 1.54) is 0 Å². The molecule has 0 aliphatic carbocycles. The minimum atomic E-state index is -0.460. The fourth-order valence-corrected chi connectivity index (χ4v) is 2.67. The Balaban J connectivity index is 1.90. The molecule has 18 heavy (non-hydrogen) atoms. The van der Waals surface area contributed by atoms with E-state index in [4.69, 9.17) is 11.6 Å². The van der Waals surface area contributed by atoms with Crippen LogP contribution in [0, 0.1) is 0 Å². The van der Waals surface area contributed by atoms with Crippen molar-refractivity contribution in [2.24, 2.45) is 0 Å². The number of halogens is 1. The second-order valence-corrected chi connectivity index (χ2v) is 5.47. The van der Waals surface area contributed by atoms with Crippen molar-refractivity contribution in [3.63, 3.8) is 0 Å². The summed E-state index contributed by atoms with van der Waals surface area (Å²) in [5.74, 6) is 0. The van der Waals surface area contributed by atoms with Crippen LogP contribution < -0.4 is 5.32 Å². The van der Waals surface area contributed by atoms with Crippen LogP contribution in [0.25, 0.3) is 0 Å². The maximum Gasteiger partial charge on any atom is 0.0922 e. The fourth-order valence-electron chi connectivity index (χ4n) is 1.76. The zero-order chi connectivity index (χ0) is 13.0. The largest absolute Gasteiger partial charge is 0.387 e. The van der Waals surface area contributed by atoms with Crippen molar-refractivity contribution in [3.05, 3.63) is 57.2 Å². The van der Waals surface area contributed by atoms with Gasteiger partial charge in [0.25, 0.3) is 0 Å². The number of rotatable bonds is 5. The smallest absolute Gasteiger partial charge is 0.0922 e. The summed E-state index contributed by atoms with van der Waals surface area (Å²) in [7, 11) is 0. The SMILES string of the molecule is CC(NCC(O)c1ccsc1)c1cccc(Cl)c1. The number of aliphatic hydroxyl groups excluding tert-OH is 1. The lowest BCUT2D eigenvalue weighted by molar-refractivity contribution is 0.171. The summed E-state index contributed by atoms with van der Waals surface area (Å²) in [5, 5.41) is 18.0. The van der Waals surface area contributed by atoms with Crippen LogP contribution in [0.15, 0.2) is 41.1 Å². The molecular formula is C14H16ClNOS. The van der Waals surface area contributed by atoms with Gasteiger partial charge < -0.3 is 10.4 Å². The van der Waals surface area contributed by atoms with Crippen molar-refractivity contribution in [3.8, 4) is 0 Å². The zero-order valence-electron chi connectivity index (χ0n) is 10.1. The van der Waals surface area contributed by atoms with Crippen LogP contribution in [-0.4, -0.2) is 11.7 Å². The van der Waals surface area contributed by atoms with Gasteiger partial charge in [0.1, 0.15) is 0 Å². The fraction of sp³-hybridized carbons (Fsp3) is 0.286. The van der Waals surface area contributed by atoms with Gasteiger partial charge in [-0.3, -0.25) is 0 Å². The van der Waals surface area contributed by atoms with Crippen LogP contribution in [-0.2, 0) is 0 Å². The minimum absolute atomic E-state index is 0.164. The molecular weight excluding hydrogens is 266 g/mol. The Morgan fingerprint density at radius 3 is 2.83 bits per heavy atom. The summed E-state index contributed by atoms with van der Waals surface area (Å²) < 4.78 is 0. The molecule has 4 heteroatoms. The lowest BCUT2D eigenvalue weighted by Crippen LogP contribution is -2.24. The van der Waals surface area contributed by atoms with E-state index in [1.807, 2.05) is 41.1 Å². The number of aliphatic hydroxyl groups is 1. The molecule has 2 aromatic rings. The Morgan fingerprint density at radius 1 is 1.33 bits per heavy atom. The van der Waals surface area contributed by atoms with Crippen LogP contribution in [0.3, 0.4) is 0 Å². The lowest BCUT2D eigenvalue weighted by atomic mass is 10.1. The maximum atomic E-state index is 9.98. The highest BCUT2D eigenvalue weighted by molar-refractivity contribution is 7.07. The number of thiophene rings is 1. The van der Waals surface area contributed by atoms with Crippen LogP contribution >= 0.6 is 22.9 Å². The molecule has 1 heterocycles. The Kier molecular flexibility index (Phi) is 4.78. The first-order valence-corrected chi connectivity index (χ1v) is 7.18. The van der Waals surface area contributed by atoms with Crippen molar-refractivity contribution in [1.82, 2.24) is 5.32 Å². The number of benzene rings is 1. The third kappa shape index (κ3) is 3.56. The van der Waals surface area contributed by atoms with Crippen molar-refractivity contribution in [2.45, 2.75) is 19.1 Å². The van der Waals surface area contributed by atoms with Gasteiger partial charge in [0.15, 0.2) is 0 Å². The molecule has 0 amide bonds. The zero-order valence-corrected chi connectivity index (χ0v) is 11.7. The first-order chi connectivity index (χ1) is 8.66. The van der Waals surface area contributed by atoms with Gasteiger partial charge in [0.2, 0.25) is 0 Å². The molecule has 0 spiro atoms. The van der Waals surface area contributed by atoms with E-state index in [0.717, 1.165) is 16.1 Å². The first-order valence-electron chi connectivity index (χ1n) is 5.86. The Hall–Kier alpha value is -0.870. The molecule has 2 rings (SSSR count). The standard InChI is InChI=1S/C14H16ClNOS/c1-10(11-3-2-4-13(15)7-11)16-8-14(17)12-5-6-18-9-12/h2-7,9-10,14,16-17H,8H2,1H3. The average Bonchev–Trinajstić information content (AvgIpc) is 2.89. The number of hydrogen-bond donors (Lipinski definition) is 2. The molecule has 0 saturated carbocycles. The van der Waals surface area contributed by atoms with Crippen molar-refractivity contribution in [1.29, 1.82) is 0 Å². The van der Waals surface area contributed by atoms with E-state index in [9.17, 15) is 5.11 Å². The summed E-state index contributed by atoms with van der Waals surface area (Å²) in [6.45, 7) is 2.59. The summed E-state index contributed by atoms with van der Waals surface area (Å²) in [5.41, 5.74) is 2.09. The topological polar surface area (TPSA) is 32.3 Å². The van der Waals surface area contributed by atoms with Gasteiger partial charge in [-0.15, -0.1) is 0 Å². The molecule has 2 N–H and O–H groups in total. The third-order valence-corrected chi connectivity index (χ3v) is 3.83. The van der Waals surface area contributed by atoms with Crippen molar-refractivity contribution in [2.75, 3.05) is 6.54 Å². The van der Waals surface area contributed by atoms with Gasteiger partial charge in [-0.2, -0.15) is 11.3 Å². The highest BCUT2D eigenvalue weighted by Gasteiger charge is 2.10. The summed E-state index contributed by atoms with van der Waals surface area (Å²) in [6.07, 6.45) is -0.460. The van der Waals surface area contributed by atoms with Crippen molar-refractivity contribution < 1.29 is 5.11 Å². The lowest BCUT2D eigenvalue weighted by Gasteiger charge is -2.17. The quantitative estimate of drug-likeness (QED) is 0.874. The van der Waals surface area contributed by atoms with Gasteiger partial charge >= 0.3 is 0 Å². The molecule has 0 bridgehead atoms. The van der Waals surface area contributed by atoms with E-state index < -0.39 is 6.10 Å². The maximum absolute atomic E-state index is 9.98. The molecule has 0 fully saturated rings. The molecule has 0 radical (unpaired) electrons. The molecule has 1 aromatic heterocycles. The van der Waals surface area contributed by atoms with E-state index >= 15 is 0 Å². The second kappa shape index (κ2) is 6.34. The first kappa shape index (κ1) is 13.6. The van der Waals surface area contributed by atoms with Crippen LogP contribution in [0.1, 0.15) is 30.2 Å². The predicted molar refractivity (Wildman–Crippen MR) is 77.1 cm³/mol.